The molecule has 8 heteroatoms. The molecule has 4 heterocycles. The number of rotatable bonds is 4. The smallest absolute Gasteiger partial charge is 0.410 e. The summed E-state index contributed by atoms with van der Waals surface area (Å²) in [5.74, 6) is 0.274. The minimum atomic E-state index is -0.504. The van der Waals surface area contributed by atoms with E-state index in [1.54, 1.807) is 15.7 Å². The van der Waals surface area contributed by atoms with Crippen molar-refractivity contribution in [2.45, 2.75) is 58.1 Å². The molecule has 2 unspecified atom stereocenters. The van der Waals surface area contributed by atoms with Crippen LogP contribution in [0.3, 0.4) is 0 Å². The summed E-state index contributed by atoms with van der Waals surface area (Å²) in [5, 5.41) is 4.17. The van der Waals surface area contributed by atoms with E-state index in [0.29, 0.717) is 19.6 Å². The third-order valence-electron chi connectivity index (χ3n) is 5.71. The van der Waals surface area contributed by atoms with Crippen LogP contribution in [-0.2, 0) is 16.0 Å². The van der Waals surface area contributed by atoms with E-state index in [9.17, 15) is 9.59 Å². The number of hydrogen-bond donors (Lipinski definition) is 0. The van der Waals surface area contributed by atoms with E-state index in [2.05, 4.69) is 16.1 Å². The molecule has 0 bridgehead atoms. The minimum absolute atomic E-state index is 0.0381. The molecular weight excluding hydrogens is 370 g/mol. The van der Waals surface area contributed by atoms with Crippen LogP contribution < -0.4 is 0 Å². The Labute approximate surface area is 170 Å². The fourth-order valence-corrected chi connectivity index (χ4v) is 4.38. The van der Waals surface area contributed by atoms with Gasteiger partial charge < -0.3 is 14.5 Å². The Balaban J connectivity index is 1.31. The zero-order valence-electron chi connectivity index (χ0n) is 17.4. The zero-order chi connectivity index (χ0) is 20.6. The number of hydrogen-bond acceptors (Lipinski definition) is 5. The van der Waals surface area contributed by atoms with E-state index >= 15 is 0 Å². The molecule has 2 saturated heterocycles. The average molecular weight is 399 g/mol. The van der Waals surface area contributed by atoms with Gasteiger partial charge in [0.1, 0.15) is 11.9 Å². The molecule has 0 radical (unpaired) electrons. The molecular formula is C21H29N5O3. The molecule has 0 spiro atoms. The maximum Gasteiger partial charge on any atom is 0.410 e. The van der Waals surface area contributed by atoms with E-state index in [1.807, 2.05) is 37.9 Å². The van der Waals surface area contributed by atoms with E-state index < -0.39 is 5.60 Å². The van der Waals surface area contributed by atoms with Crippen molar-refractivity contribution in [3.05, 3.63) is 30.2 Å². The fraction of sp³-hybridized carbons (Fsp3) is 0.619. The van der Waals surface area contributed by atoms with Gasteiger partial charge >= 0.3 is 6.09 Å². The normalized spacial score (nSPS) is 22.2. The topological polar surface area (TPSA) is 80.0 Å². The maximum absolute atomic E-state index is 12.8. The lowest BCUT2D eigenvalue weighted by Crippen LogP contribution is -2.54. The van der Waals surface area contributed by atoms with Gasteiger partial charge in [0.05, 0.1) is 6.04 Å². The molecule has 2 aromatic heterocycles. The summed E-state index contributed by atoms with van der Waals surface area (Å²) in [6, 6.07) is 4.15. The second-order valence-corrected chi connectivity index (χ2v) is 9.00. The summed E-state index contributed by atoms with van der Waals surface area (Å²) in [6.07, 6.45) is 6.64. The minimum Gasteiger partial charge on any atom is -0.444 e. The third kappa shape index (κ3) is 4.21. The molecule has 2 fully saturated rings. The lowest BCUT2D eigenvalue weighted by atomic mass is 9.96. The highest BCUT2D eigenvalue weighted by Gasteiger charge is 2.43. The van der Waals surface area contributed by atoms with Gasteiger partial charge in [-0.2, -0.15) is 5.10 Å². The largest absolute Gasteiger partial charge is 0.444 e. The quantitative estimate of drug-likeness (QED) is 0.789. The van der Waals surface area contributed by atoms with E-state index in [1.165, 1.54) is 0 Å². The van der Waals surface area contributed by atoms with Crippen molar-refractivity contribution in [2.75, 3.05) is 19.6 Å². The summed E-state index contributed by atoms with van der Waals surface area (Å²) < 4.78 is 7.27. The number of ether oxygens (including phenoxy) is 1. The first-order valence-corrected chi connectivity index (χ1v) is 10.4. The number of fused-ring (bicyclic) bond motifs is 2. The summed E-state index contributed by atoms with van der Waals surface area (Å²) in [4.78, 5) is 33.2. The predicted octanol–water partition coefficient (Wildman–Crippen LogP) is 2.52. The molecule has 4 rings (SSSR count). The summed E-state index contributed by atoms with van der Waals surface area (Å²) in [5.41, 5.74) is 1.54. The van der Waals surface area contributed by atoms with Crippen LogP contribution >= 0.6 is 0 Å². The van der Waals surface area contributed by atoms with Gasteiger partial charge in [0, 0.05) is 31.7 Å². The monoisotopic (exact) mass is 399 g/mol. The molecule has 0 aliphatic carbocycles. The van der Waals surface area contributed by atoms with Gasteiger partial charge in [0.25, 0.3) is 0 Å². The van der Waals surface area contributed by atoms with Gasteiger partial charge in [-0.05, 0) is 58.1 Å². The van der Waals surface area contributed by atoms with Gasteiger partial charge in [-0.3, -0.25) is 4.79 Å². The van der Waals surface area contributed by atoms with E-state index in [4.69, 9.17) is 4.74 Å². The lowest BCUT2D eigenvalue weighted by molar-refractivity contribution is -0.133. The number of carbonyl (C=O) groups excluding carboxylic acids is 2. The van der Waals surface area contributed by atoms with Gasteiger partial charge in [0.2, 0.25) is 5.91 Å². The van der Waals surface area contributed by atoms with Gasteiger partial charge in [-0.15, -0.1) is 0 Å². The van der Waals surface area contributed by atoms with Crippen LogP contribution in [-0.4, -0.2) is 67.7 Å². The molecule has 2 aromatic rings. The van der Waals surface area contributed by atoms with E-state index in [0.717, 1.165) is 36.9 Å². The van der Waals surface area contributed by atoms with Crippen LogP contribution in [0.4, 0.5) is 4.79 Å². The van der Waals surface area contributed by atoms with Crippen LogP contribution in [0, 0.1) is 5.92 Å². The molecule has 2 aliphatic rings. The highest BCUT2D eigenvalue weighted by molar-refractivity contribution is 5.82. The fourth-order valence-electron chi connectivity index (χ4n) is 4.38. The summed E-state index contributed by atoms with van der Waals surface area (Å²) >= 11 is 0. The SMILES string of the molecule is CC(C)(C)OC(=O)N1CCN2C(=O)C(CCCc3cccn4ncnc34)CC2C1. The first kappa shape index (κ1) is 19.7. The van der Waals surface area contributed by atoms with Crippen molar-refractivity contribution in [3.63, 3.8) is 0 Å². The van der Waals surface area contributed by atoms with Crippen LogP contribution in [0.1, 0.15) is 45.6 Å². The third-order valence-corrected chi connectivity index (χ3v) is 5.71. The van der Waals surface area contributed by atoms with Crippen molar-refractivity contribution >= 4 is 17.6 Å². The molecule has 0 saturated carbocycles. The van der Waals surface area contributed by atoms with E-state index in [-0.39, 0.29) is 24.0 Å². The number of aryl methyl sites for hydroxylation is 1. The molecule has 8 nitrogen and oxygen atoms in total. The summed E-state index contributed by atoms with van der Waals surface area (Å²) in [6.45, 7) is 7.32. The second-order valence-electron chi connectivity index (χ2n) is 9.00. The van der Waals surface area contributed by atoms with Crippen LogP contribution in [0.5, 0.6) is 0 Å². The Hall–Kier alpha value is -2.64. The number of amides is 2. The highest BCUT2D eigenvalue weighted by atomic mass is 16.6. The molecule has 2 atom stereocenters. The van der Waals surface area contributed by atoms with Crippen molar-refractivity contribution in [1.29, 1.82) is 0 Å². The highest BCUT2D eigenvalue weighted by Crippen LogP contribution is 2.31. The Bertz CT molecular complexity index is 903. The Morgan fingerprint density at radius 3 is 2.93 bits per heavy atom. The van der Waals surface area contributed by atoms with Crippen molar-refractivity contribution in [3.8, 4) is 0 Å². The predicted molar refractivity (Wildman–Crippen MR) is 107 cm³/mol. The number of nitrogens with zero attached hydrogens (tertiary/aromatic N) is 5. The Kier molecular flexibility index (Phi) is 5.19. The Morgan fingerprint density at radius 2 is 2.14 bits per heavy atom. The first-order valence-electron chi connectivity index (χ1n) is 10.4. The first-order chi connectivity index (χ1) is 13.8. The Morgan fingerprint density at radius 1 is 1.31 bits per heavy atom. The lowest BCUT2D eigenvalue weighted by Gasteiger charge is -2.38. The number of aromatic nitrogens is 3. The molecule has 2 amide bonds. The van der Waals surface area contributed by atoms with Crippen molar-refractivity contribution in [1.82, 2.24) is 24.4 Å². The molecule has 2 aliphatic heterocycles. The van der Waals surface area contributed by atoms with Crippen LogP contribution in [0.25, 0.3) is 5.65 Å². The summed E-state index contributed by atoms with van der Waals surface area (Å²) in [7, 11) is 0. The van der Waals surface area contributed by atoms with Crippen LogP contribution in [0.15, 0.2) is 24.7 Å². The second kappa shape index (κ2) is 7.65. The molecule has 29 heavy (non-hydrogen) atoms. The molecule has 0 N–H and O–H groups in total. The number of pyridine rings is 1. The molecule has 0 aromatic carbocycles. The standard InChI is InChI=1S/C21H29N5O3/c1-21(2,3)29-20(28)24-10-11-25-17(13-24)12-16(19(25)27)7-4-6-15-8-5-9-26-18(15)22-14-23-26/h5,8-9,14,16-17H,4,6-7,10-13H2,1-3H3. The molecule has 156 valence electrons. The maximum atomic E-state index is 12.8. The number of piperazine rings is 1. The van der Waals surface area contributed by atoms with Gasteiger partial charge in [-0.1, -0.05) is 6.07 Å². The zero-order valence-corrected chi connectivity index (χ0v) is 17.4. The van der Waals surface area contributed by atoms with Crippen molar-refractivity contribution < 1.29 is 14.3 Å². The van der Waals surface area contributed by atoms with Gasteiger partial charge in [-0.25, -0.2) is 14.3 Å². The van der Waals surface area contributed by atoms with Gasteiger partial charge in [0.15, 0.2) is 5.65 Å². The van der Waals surface area contributed by atoms with Crippen molar-refractivity contribution in [2.24, 2.45) is 5.92 Å². The van der Waals surface area contributed by atoms with Crippen LogP contribution in [0.2, 0.25) is 0 Å². The number of carbonyl (C=O) groups is 2. The average Bonchev–Trinajstić information content (AvgIpc) is 3.25.